The lowest BCUT2D eigenvalue weighted by molar-refractivity contribution is 0.508. The molecule has 0 aliphatic heterocycles. The van der Waals surface area contributed by atoms with Crippen molar-refractivity contribution in [3.05, 3.63) is 46.3 Å². The summed E-state index contributed by atoms with van der Waals surface area (Å²) in [5.74, 6) is 2.25. The molecule has 0 spiro atoms. The highest BCUT2D eigenvalue weighted by Gasteiger charge is 2.23. The topological polar surface area (TPSA) is 51.8 Å². The van der Waals surface area contributed by atoms with Crippen LogP contribution in [-0.4, -0.2) is 9.97 Å². The Balaban J connectivity index is 1.65. The maximum atomic E-state index is 6.28. The molecule has 4 rings (SSSR count). The van der Waals surface area contributed by atoms with Gasteiger partial charge in [0.2, 0.25) is 0 Å². The molecule has 0 saturated heterocycles. The predicted molar refractivity (Wildman–Crippen MR) is 99.0 cm³/mol. The van der Waals surface area contributed by atoms with Gasteiger partial charge < -0.3 is 5.73 Å². The summed E-state index contributed by atoms with van der Waals surface area (Å²) in [4.78, 5) is 11.9. The van der Waals surface area contributed by atoms with E-state index in [1.54, 1.807) is 11.8 Å². The van der Waals surface area contributed by atoms with Crippen LogP contribution in [0, 0.1) is 5.92 Å². The number of nitrogen functional groups attached to an aromatic ring is 1. The number of nitrogens with zero attached hydrogens (tertiary/aromatic N) is 2. The zero-order valence-corrected chi connectivity index (χ0v) is 14.7. The molecule has 0 saturated carbocycles. The average Bonchev–Trinajstić information content (AvgIpc) is 2.92. The van der Waals surface area contributed by atoms with Gasteiger partial charge in [0.05, 0.1) is 5.39 Å². The first kappa shape index (κ1) is 15.0. The highest BCUT2D eigenvalue weighted by atomic mass is 32.2. The van der Waals surface area contributed by atoms with Crippen molar-refractivity contribution >= 4 is 39.1 Å². The Hall–Kier alpha value is -1.59. The largest absolute Gasteiger partial charge is 0.383 e. The molecule has 1 atom stereocenters. The fourth-order valence-electron chi connectivity index (χ4n) is 3.14. The first-order valence-corrected chi connectivity index (χ1v) is 9.75. The van der Waals surface area contributed by atoms with Crippen LogP contribution >= 0.6 is 23.1 Å². The van der Waals surface area contributed by atoms with Crippen LogP contribution in [0.3, 0.4) is 0 Å². The minimum Gasteiger partial charge on any atom is -0.383 e. The summed E-state index contributed by atoms with van der Waals surface area (Å²) in [6, 6.07) is 10.4. The molecular weight excluding hydrogens is 322 g/mol. The monoisotopic (exact) mass is 341 g/mol. The van der Waals surface area contributed by atoms with Gasteiger partial charge in [0.25, 0.3) is 0 Å². The van der Waals surface area contributed by atoms with Gasteiger partial charge in [-0.3, -0.25) is 0 Å². The molecule has 0 fully saturated rings. The molecule has 3 aromatic rings. The van der Waals surface area contributed by atoms with Gasteiger partial charge in [-0.15, -0.1) is 11.3 Å². The van der Waals surface area contributed by atoms with Gasteiger partial charge in [0.15, 0.2) is 5.16 Å². The first-order chi connectivity index (χ1) is 11.2. The van der Waals surface area contributed by atoms with Crippen LogP contribution in [-0.2, 0) is 18.6 Å². The molecule has 1 aliphatic rings. The van der Waals surface area contributed by atoms with E-state index in [2.05, 4.69) is 36.2 Å². The standard InChI is InChI=1S/C18H19N3S2/c1-11-7-8-14-13(9-11)15-16(19)20-18(21-17(15)23-14)22-10-12-5-3-2-4-6-12/h2-6,11H,7-10H2,1H3,(H2,19,20,21). The molecule has 3 nitrogen and oxygen atoms in total. The number of thioether (sulfide) groups is 1. The van der Waals surface area contributed by atoms with E-state index in [1.807, 2.05) is 17.4 Å². The van der Waals surface area contributed by atoms with Crippen molar-refractivity contribution in [1.29, 1.82) is 0 Å². The molecule has 1 aromatic carbocycles. The Morgan fingerprint density at radius 2 is 2.09 bits per heavy atom. The van der Waals surface area contributed by atoms with Gasteiger partial charge in [-0.1, -0.05) is 49.0 Å². The van der Waals surface area contributed by atoms with Gasteiger partial charge >= 0.3 is 0 Å². The van der Waals surface area contributed by atoms with E-state index < -0.39 is 0 Å². The number of nitrogens with two attached hydrogens (primary N) is 1. The van der Waals surface area contributed by atoms with Crippen molar-refractivity contribution < 1.29 is 0 Å². The lowest BCUT2D eigenvalue weighted by Gasteiger charge is -2.18. The number of hydrogen-bond acceptors (Lipinski definition) is 5. The summed E-state index contributed by atoms with van der Waals surface area (Å²) in [6.45, 7) is 2.31. The Morgan fingerprint density at radius 1 is 1.26 bits per heavy atom. The Morgan fingerprint density at radius 3 is 2.91 bits per heavy atom. The Labute approximate surface area is 144 Å². The van der Waals surface area contributed by atoms with Gasteiger partial charge in [-0.25, -0.2) is 9.97 Å². The van der Waals surface area contributed by atoms with Crippen molar-refractivity contribution in [1.82, 2.24) is 9.97 Å². The SMILES string of the molecule is CC1CCc2sc3nc(SCc4ccccc4)nc(N)c3c2C1. The molecular formula is C18H19N3S2. The number of aryl methyl sites for hydroxylation is 1. The van der Waals surface area contributed by atoms with Crippen molar-refractivity contribution in [3.63, 3.8) is 0 Å². The number of hydrogen-bond donors (Lipinski definition) is 1. The summed E-state index contributed by atoms with van der Waals surface area (Å²) in [5.41, 5.74) is 8.96. The van der Waals surface area contributed by atoms with Crippen molar-refractivity contribution in [2.75, 3.05) is 5.73 Å². The highest BCUT2D eigenvalue weighted by Crippen LogP contribution is 2.40. The molecule has 5 heteroatoms. The fourth-order valence-corrected chi connectivity index (χ4v) is 5.23. The van der Waals surface area contributed by atoms with Crippen LogP contribution in [0.4, 0.5) is 5.82 Å². The number of benzene rings is 1. The first-order valence-electron chi connectivity index (χ1n) is 7.95. The van der Waals surface area contributed by atoms with Gasteiger partial charge in [-0.05, 0) is 36.3 Å². The third-order valence-corrected chi connectivity index (χ3v) is 6.47. The van der Waals surface area contributed by atoms with E-state index in [4.69, 9.17) is 10.7 Å². The normalized spacial score (nSPS) is 17.3. The maximum absolute atomic E-state index is 6.28. The minimum absolute atomic E-state index is 0.650. The van der Waals surface area contributed by atoms with Gasteiger partial charge in [0.1, 0.15) is 10.6 Å². The van der Waals surface area contributed by atoms with Gasteiger partial charge in [-0.2, -0.15) is 0 Å². The molecule has 23 heavy (non-hydrogen) atoms. The van der Waals surface area contributed by atoms with Gasteiger partial charge in [0, 0.05) is 10.6 Å². The molecule has 1 aliphatic carbocycles. The second kappa shape index (κ2) is 6.13. The van der Waals surface area contributed by atoms with Crippen LogP contribution in [0.1, 0.15) is 29.3 Å². The predicted octanol–water partition coefficient (Wildman–Crippen LogP) is 4.69. The third kappa shape index (κ3) is 2.95. The third-order valence-electron chi connectivity index (χ3n) is 4.37. The Bertz CT molecular complexity index is 842. The summed E-state index contributed by atoms with van der Waals surface area (Å²) in [6.07, 6.45) is 3.53. The zero-order valence-electron chi connectivity index (χ0n) is 13.1. The quantitative estimate of drug-likeness (QED) is 0.554. The molecule has 0 bridgehead atoms. The molecule has 0 amide bonds. The van der Waals surface area contributed by atoms with E-state index in [0.717, 1.165) is 39.9 Å². The number of aromatic nitrogens is 2. The van der Waals surface area contributed by atoms with E-state index in [0.29, 0.717) is 5.82 Å². The highest BCUT2D eigenvalue weighted by molar-refractivity contribution is 7.98. The number of fused-ring (bicyclic) bond motifs is 3. The second-order valence-corrected chi connectivity index (χ2v) is 8.22. The van der Waals surface area contributed by atoms with Crippen molar-refractivity contribution in [2.24, 2.45) is 5.92 Å². The van der Waals surface area contributed by atoms with Crippen molar-refractivity contribution in [2.45, 2.75) is 37.1 Å². The lowest BCUT2D eigenvalue weighted by atomic mass is 9.89. The van der Waals surface area contributed by atoms with Crippen LogP contribution < -0.4 is 5.73 Å². The second-order valence-electron chi connectivity index (χ2n) is 6.20. The van der Waals surface area contributed by atoms with E-state index in [9.17, 15) is 0 Å². The summed E-state index contributed by atoms with van der Waals surface area (Å²) in [5, 5.41) is 1.89. The Kier molecular flexibility index (Phi) is 3.99. The van der Waals surface area contributed by atoms with E-state index in [-0.39, 0.29) is 0 Å². The van der Waals surface area contributed by atoms with E-state index in [1.165, 1.54) is 22.4 Å². The van der Waals surface area contributed by atoms with Crippen LogP contribution in [0.15, 0.2) is 35.5 Å². The smallest absolute Gasteiger partial charge is 0.191 e. The van der Waals surface area contributed by atoms with Crippen LogP contribution in [0.25, 0.3) is 10.2 Å². The molecule has 1 unspecified atom stereocenters. The van der Waals surface area contributed by atoms with Crippen LogP contribution in [0.5, 0.6) is 0 Å². The summed E-state index contributed by atoms with van der Waals surface area (Å²) >= 11 is 3.46. The molecule has 2 aromatic heterocycles. The lowest BCUT2D eigenvalue weighted by Crippen LogP contribution is -2.09. The molecule has 2 heterocycles. The zero-order chi connectivity index (χ0) is 15.8. The van der Waals surface area contributed by atoms with Crippen LogP contribution in [0.2, 0.25) is 0 Å². The minimum atomic E-state index is 0.650. The average molecular weight is 342 g/mol. The fraction of sp³-hybridized carbons (Fsp3) is 0.333. The summed E-state index contributed by atoms with van der Waals surface area (Å²) < 4.78 is 0. The van der Waals surface area contributed by atoms with Crippen molar-refractivity contribution in [3.8, 4) is 0 Å². The molecule has 0 radical (unpaired) electrons. The molecule has 2 N–H and O–H groups in total. The summed E-state index contributed by atoms with van der Waals surface area (Å²) in [7, 11) is 0. The molecule has 118 valence electrons. The van der Waals surface area contributed by atoms with E-state index >= 15 is 0 Å². The number of thiophene rings is 1. The number of rotatable bonds is 3. The maximum Gasteiger partial charge on any atom is 0.191 e. The number of anilines is 1.